The fourth-order valence-corrected chi connectivity index (χ4v) is 5.96. The third-order valence-corrected chi connectivity index (χ3v) is 8.05. The van der Waals surface area contributed by atoms with Gasteiger partial charge in [0.15, 0.2) is 0 Å². The first kappa shape index (κ1) is 25.7. The van der Waals surface area contributed by atoms with E-state index < -0.39 is 26.6 Å². The Hall–Kier alpha value is -3.43. The zero-order valence-corrected chi connectivity index (χ0v) is 21.4. The molecule has 0 bridgehead atoms. The van der Waals surface area contributed by atoms with E-state index in [0.29, 0.717) is 24.6 Å². The van der Waals surface area contributed by atoms with Crippen LogP contribution in [0.25, 0.3) is 0 Å². The van der Waals surface area contributed by atoms with Crippen molar-refractivity contribution < 1.29 is 22.3 Å². The van der Waals surface area contributed by atoms with E-state index in [2.05, 4.69) is 16.3 Å². The molecule has 1 heterocycles. The highest BCUT2D eigenvalue weighted by Crippen LogP contribution is 2.28. The van der Waals surface area contributed by atoms with E-state index in [1.165, 1.54) is 10.4 Å². The molecule has 7 nitrogen and oxygen atoms in total. The Balaban J connectivity index is 1.54. The van der Waals surface area contributed by atoms with Gasteiger partial charge in [-0.15, -0.1) is 0 Å². The first-order chi connectivity index (χ1) is 17.2. The number of hydrogen-bond acceptors (Lipinski definition) is 5. The van der Waals surface area contributed by atoms with Crippen molar-refractivity contribution in [1.82, 2.24) is 4.31 Å². The van der Waals surface area contributed by atoms with Crippen molar-refractivity contribution in [2.24, 2.45) is 0 Å². The normalized spacial score (nSPS) is 16.6. The Labute approximate surface area is 211 Å². The number of rotatable bonds is 7. The quantitative estimate of drug-likeness (QED) is 0.498. The summed E-state index contributed by atoms with van der Waals surface area (Å²) in [7, 11) is -4.16. The highest BCUT2D eigenvalue weighted by molar-refractivity contribution is 7.89. The molecular weight excluding hydrogens is 481 g/mol. The largest absolute Gasteiger partial charge is 0.492 e. The van der Waals surface area contributed by atoms with Crippen LogP contribution in [0.4, 0.5) is 15.8 Å². The SMILES string of the molecule is CCOc1ccccc1NC(=O)c1ccc(F)c(S(=O)(=O)N2CCN(c3cccc(C)c3)C(C)C2)c1. The number of carbonyl (C=O) groups excluding carboxylic acids is 1. The van der Waals surface area contributed by atoms with Gasteiger partial charge in [-0.2, -0.15) is 4.31 Å². The Morgan fingerprint density at radius 3 is 2.58 bits per heavy atom. The van der Waals surface area contributed by atoms with Gasteiger partial charge in [0, 0.05) is 36.9 Å². The van der Waals surface area contributed by atoms with Gasteiger partial charge in [0.2, 0.25) is 10.0 Å². The fourth-order valence-electron chi connectivity index (χ4n) is 4.36. The minimum atomic E-state index is -4.16. The van der Waals surface area contributed by atoms with E-state index in [9.17, 15) is 17.6 Å². The van der Waals surface area contributed by atoms with E-state index in [1.807, 2.05) is 39.0 Å². The van der Waals surface area contributed by atoms with E-state index in [1.54, 1.807) is 24.3 Å². The summed E-state index contributed by atoms with van der Waals surface area (Å²) >= 11 is 0. The molecular formula is C27H30FN3O4S. The zero-order chi connectivity index (χ0) is 25.9. The molecule has 1 unspecified atom stereocenters. The molecule has 1 N–H and O–H groups in total. The molecule has 3 aromatic rings. The van der Waals surface area contributed by atoms with Gasteiger partial charge in [0.05, 0.1) is 12.3 Å². The van der Waals surface area contributed by atoms with Crippen LogP contribution in [0.5, 0.6) is 5.75 Å². The molecule has 1 aliphatic rings. The highest BCUT2D eigenvalue weighted by atomic mass is 32.2. The molecule has 1 fully saturated rings. The Kier molecular flexibility index (Phi) is 7.61. The van der Waals surface area contributed by atoms with Crippen LogP contribution in [0.15, 0.2) is 71.6 Å². The molecule has 190 valence electrons. The molecule has 9 heteroatoms. The lowest BCUT2D eigenvalue weighted by molar-refractivity contribution is 0.102. The van der Waals surface area contributed by atoms with Crippen LogP contribution < -0.4 is 15.0 Å². The lowest BCUT2D eigenvalue weighted by atomic mass is 10.1. The van der Waals surface area contributed by atoms with Crippen LogP contribution in [-0.2, 0) is 10.0 Å². The number of para-hydroxylation sites is 2. The molecule has 0 aromatic heterocycles. The van der Waals surface area contributed by atoms with Crippen LogP contribution in [-0.4, -0.2) is 50.9 Å². The molecule has 0 aliphatic carbocycles. The first-order valence-corrected chi connectivity index (χ1v) is 13.3. The van der Waals surface area contributed by atoms with Gasteiger partial charge in [0.25, 0.3) is 5.91 Å². The zero-order valence-electron chi connectivity index (χ0n) is 20.6. The molecule has 0 radical (unpaired) electrons. The third-order valence-electron chi connectivity index (χ3n) is 6.17. The van der Waals surface area contributed by atoms with Crippen molar-refractivity contribution in [1.29, 1.82) is 0 Å². The van der Waals surface area contributed by atoms with Crippen molar-refractivity contribution in [2.45, 2.75) is 31.7 Å². The number of hydrogen-bond donors (Lipinski definition) is 1. The van der Waals surface area contributed by atoms with Gasteiger partial charge >= 0.3 is 0 Å². The summed E-state index contributed by atoms with van der Waals surface area (Å²) in [5.41, 5.74) is 2.62. The van der Waals surface area contributed by atoms with E-state index in [4.69, 9.17) is 4.74 Å². The molecule has 4 rings (SSSR count). The second kappa shape index (κ2) is 10.7. The lowest BCUT2D eigenvalue weighted by Crippen LogP contribution is -2.53. The molecule has 1 amide bonds. The van der Waals surface area contributed by atoms with Crippen LogP contribution in [0, 0.1) is 12.7 Å². The maximum Gasteiger partial charge on any atom is 0.255 e. The van der Waals surface area contributed by atoms with Gasteiger partial charge in [-0.3, -0.25) is 4.79 Å². The number of nitrogens with zero attached hydrogens (tertiary/aromatic N) is 2. The Morgan fingerprint density at radius 2 is 1.86 bits per heavy atom. The second-order valence-electron chi connectivity index (χ2n) is 8.77. The number of carbonyl (C=O) groups is 1. The van der Waals surface area contributed by atoms with Crippen molar-refractivity contribution in [3.8, 4) is 5.75 Å². The number of benzene rings is 3. The number of piperazine rings is 1. The molecule has 3 aromatic carbocycles. The summed E-state index contributed by atoms with van der Waals surface area (Å²) < 4.78 is 48.5. The number of nitrogens with one attached hydrogen (secondary N) is 1. The minimum absolute atomic E-state index is 0.0349. The van der Waals surface area contributed by atoms with E-state index >= 15 is 0 Å². The standard InChI is InChI=1S/C27H30FN3O4S/c1-4-35-25-11-6-5-10-24(25)29-27(32)21-12-13-23(28)26(17-21)36(33,34)30-14-15-31(20(3)18-30)22-9-7-8-19(2)16-22/h5-13,16-17,20H,4,14-15,18H2,1-3H3,(H,29,32). The topological polar surface area (TPSA) is 78.9 Å². The monoisotopic (exact) mass is 511 g/mol. The Morgan fingerprint density at radius 1 is 1.08 bits per heavy atom. The molecule has 0 spiro atoms. The molecule has 1 atom stereocenters. The third kappa shape index (κ3) is 5.37. The summed E-state index contributed by atoms with van der Waals surface area (Å²) in [6.07, 6.45) is 0. The number of aryl methyl sites for hydroxylation is 1. The summed E-state index contributed by atoms with van der Waals surface area (Å²) in [6, 6.07) is 18.2. The van der Waals surface area contributed by atoms with E-state index in [-0.39, 0.29) is 24.7 Å². The highest BCUT2D eigenvalue weighted by Gasteiger charge is 2.34. The van der Waals surface area contributed by atoms with Crippen LogP contribution in [0.3, 0.4) is 0 Å². The average Bonchev–Trinajstić information content (AvgIpc) is 2.85. The maximum atomic E-state index is 14.8. The van der Waals surface area contributed by atoms with Crippen molar-refractivity contribution >= 4 is 27.3 Å². The van der Waals surface area contributed by atoms with Crippen molar-refractivity contribution in [3.05, 3.63) is 83.7 Å². The number of amides is 1. The number of halogens is 1. The van der Waals surface area contributed by atoms with Crippen molar-refractivity contribution in [2.75, 3.05) is 36.5 Å². The van der Waals surface area contributed by atoms with Gasteiger partial charge < -0.3 is 15.0 Å². The number of anilines is 2. The molecule has 1 saturated heterocycles. The van der Waals surface area contributed by atoms with Crippen LogP contribution in [0.2, 0.25) is 0 Å². The predicted molar refractivity (Wildman–Crippen MR) is 139 cm³/mol. The molecule has 36 heavy (non-hydrogen) atoms. The first-order valence-electron chi connectivity index (χ1n) is 11.9. The predicted octanol–water partition coefficient (Wildman–Crippen LogP) is 4.68. The number of sulfonamides is 1. The lowest BCUT2D eigenvalue weighted by Gasteiger charge is -2.40. The summed E-state index contributed by atoms with van der Waals surface area (Å²) in [5.74, 6) is -0.963. The minimum Gasteiger partial charge on any atom is -0.492 e. The van der Waals surface area contributed by atoms with Gasteiger partial charge in [-0.25, -0.2) is 12.8 Å². The molecule has 1 aliphatic heterocycles. The Bertz CT molecular complexity index is 1360. The van der Waals surface area contributed by atoms with Crippen LogP contribution in [0.1, 0.15) is 29.8 Å². The average molecular weight is 512 g/mol. The number of ether oxygens (including phenoxy) is 1. The van der Waals surface area contributed by atoms with E-state index in [0.717, 1.165) is 23.4 Å². The smallest absolute Gasteiger partial charge is 0.255 e. The summed E-state index contributed by atoms with van der Waals surface area (Å²) in [5, 5.41) is 2.72. The summed E-state index contributed by atoms with van der Waals surface area (Å²) in [6.45, 7) is 7.08. The van der Waals surface area contributed by atoms with Crippen LogP contribution >= 0.6 is 0 Å². The van der Waals surface area contributed by atoms with Gasteiger partial charge in [-0.1, -0.05) is 24.3 Å². The second-order valence-corrected chi connectivity index (χ2v) is 10.7. The van der Waals surface area contributed by atoms with Crippen molar-refractivity contribution in [3.63, 3.8) is 0 Å². The van der Waals surface area contributed by atoms with Gasteiger partial charge in [0.1, 0.15) is 16.5 Å². The maximum absolute atomic E-state index is 14.8. The fraction of sp³-hybridized carbons (Fsp3) is 0.296. The molecule has 0 saturated carbocycles. The van der Waals surface area contributed by atoms with Gasteiger partial charge in [-0.05, 0) is 68.8 Å². The summed E-state index contributed by atoms with van der Waals surface area (Å²) in [4.78, 5) is 14.6.